The lowest BCUT2D eigenvalue weighted by Gasteiger charge is -2.04. The first-order valence-corrected chi connectivity index (χ1v) is 10.0. The van der Waals surface area contributed by atoms with Gasteiger partial charge in [-0.2, -0.15) is 4.39 Å². The van der Waals surface area contributed by atoms with Gasteiger partial charge in [0.1, 0.15) is 0 Å². The molecule has 0 bridgehead atoms. The third kappa shape index (κ3) is 4.61. The monoisotopic (exact) mass is 392 g/mol. The highest BCUT2D eigenvalue weighted by molar-refractivity contribution is 7.92. The van der Waals surface area contributed by atoms with Gasteiger partial charge in [-0.3, -0.25) is 14.8 Å². The molecule has 7 nitrogen and oxygen atoms in total. The van der Waals surface area contributed by atoms with Gasteiger partial charge in [0.25, 0.3) is 5.91 Å². The molecule has 0 radical (unpaired) electrons. The van der Waals surface area contributed by atoms with Gasteiger partial charge in [0.15, 0.2) is 5.13 Å². The first-order chi connectivity index (χ1) is 12.3. The molecule has 0 aliphatic heterocycles. The molecular weight excluding hydrogens is 379 g/mol. The minimum absolute atomic E-state index is 0.222. The molecule has 134 valence electrons. The number of halogens is 1. The van der Waals surface area contributed by atoms with Crippen molar-refractivity contribution in [3.63, 3.8) is 0 Å². The van der Waals surface area contributed by atoms with Crippen LogP contribution in [-0.4, -0.2) is 30.5 Å². The van der Waals surface area contributed by atoms with Crippen molar-refractivity contribution in [2.24, 2.45) is 0 Å². The average Bonchev–Trinajstić information content (AvgIpc) is 3.03. The minimum Gasteiger partial charge on any atom is -0.298 e. The van der Waals surface area contributed by atoms with Crippen molar-refractivity contribution in [2.75, 3.05) is 16.3 Å². The minimum atomic E-state index is -3.33. The number of hydrogen-bond donors (Lipinski definition) is 2. The van der Waals surface area contributed by atoms with E-state index < -0.39 is 21.9 Å². The van der Waals surface area contributed by atoms with Gasteiger partial charge in [-0.05, 0) is 24.3 Å². The van der Waals surface area contributed by atoms with Crippen molar-refractivity contribution in [3.05, 3.63) is 59.5 Å². The molecule has 2 heterocycles. The summed E-state index contributed by atoms with van der Waals surface area (Å²) < 4.78 is 37.6. The molecule has 2 aromatic heterocycles. The summed E-state index contributed by atoms with van der Waals surface area (Å²) in [4.78, 5) is 19.8. The van der Waals surface area contributed by atoms with Crippen LogP contribution < -0.4 is 10.0 Å². The Bertz CT molecular complexity index is 1030. The number of hydrogen-bond acceptors (Lipinski definition) is 6. The van der Waals surface area contributed by atoms with Crippen LogP contribution in [0.4, 0.5) is 15.2 Å². The van der Waals surface area contributed by atoms with Crippen LogP contribution in [0.15, 0.2) is 48.0 Å². The van der Waals surface area contributed by atoms with Crippen LogP contribution in [0, 0.1) is 5.95 Å². The Kier molecular flexibility index (Phi) is 4.96. The number of carbonyl (C=O) groups excluding carboxylic acids is 1. The van der Waals surface area contributed by atoms with Gasteiger partial charge in [-0.15, -0.1) is 11.3 Å². The third-order valence-corrected chi connectivity index (χ3v) is 4.56. The first kappa shape index (κ1) is 18.0. The molecule has 26 heavy (non-hydrogen) atoms. The van der Waals surface area contributed by atoms with Crippen molar-refractivity contribution in [2.45, 2.75) is 0 Å². The van der Waals surface area contributed by atoms with Crippen LogP contribution in [0.2, 0.25) is 0 Å². The lowest BCUT2D eigenvalue weighted by Crippen LogP contribution is -2.12. The zero-order chi connectivity index (χ0) is 18.7. The maximum Gasteiger partial charge on any atom is 0.259 e. The van der Waals surface area contributed by atoms with Crippen molar-refractivity contribution < 1.29 is 17.6 Å². The fourth-order valence-electron chi connectivity index (χ4n) is 2.07. The quantitative estimate of drug-likeness (QED) is 0.650. The summed E-state index contributed by atoms with van der Waals surface area (Å²) in [6, 6.07) is 9.13. The smallest absolute Gasteiger partial charge is 0.259 e. The van der Waals surface area contributed by atoms with Crippen molar-refractivity contribution in [3.8, 4) is 11.3 Å². The van der Waals surface area contributed by atoms with Crippen LogP contribution >= 0.6 is 11.3 Å². The molecule has 0 saturated carbocycles. The van der Waals surface area contributed by atoms with E-state index in [4.69, 9.17) is 0 Å². The van der Waals surface area contributed by atoms with Crippen molar-refractivity contribution >= 4 is 38.1 Å². The number of carbonyl (C=O) groups is 1. The van der Waals surface area contributed by atoms with Gasteiger partial charge in [0.05, 0.1) is 17.5 Å². The zero-order valence-electron chi connectivity index (χ0n) is 13.4. The summed E-state index contributed by atoms with van der Waals surface area (Å²) in [7, 11) is -3.33. The second kappa shape index (κ2) is 7.18. The molecule has 3 rings (SSSR count). The summed E-state index contributed by atoms with van der Waals surface area (Å²) in [6.07, 6.45) is 2.22. The Balaban J connectivity index is 1.71. The van der Waals surface area contributed by atoms with E-state index in [0.29, 0.717) is 16.5 Å². The molecule has 0 unspecified atom stereocenters. The van der Waals surface area contributed by atoms with Gasteiger partial charge in [0, 0.05) is 22.8 Å². The summed E-state index contributed by atoms with van der Waals surface area (Å²) >= 11 is 1.24. The van der Waals surface area contributed by atoms with Crippen molar-refractivity contribution in [1.29, 1.82) is 0 Å². The van der Waals surface area contributed by atoms with E-state index in [0.717, 1.165) is 24.1 Å². The predicted molar refractivity (Wildman–Crippen MR) is 98.2 cm³/mol. The Hall–Kier alpha value is -2.85. The van der Waals surface area contributed by atoms with E-state index in [1.165, 1.54) is 17.4 Å². The molecule has 0 saturated heterocycles. The number of rotatable bonds is 5. The molecule has 0 atom stereocenters. The SMILES string of the molecule is CS(=O)(=O)Nc1ccc(-c2csc(NC(=O)c3ccc(F)nc3)n2)cc1. The van der Waals surface area contributed by atoms with Gasteiger partial charge < -0.3 is 0 Å². The van der Waals surface area contributed by atoms with E-state index in [2.05, 4.69) is 20.0 Å². The maximum absolute atomic E-state index is 12.8. The molecule has 2 N–H and O–H groups in total. The second-order valence-electron chi connectivity index (χ2n) is 5.31. The van der Waals surface area contributed by atoms with Gasteiger partial charge >= 0.3 is 0 Å². The number of nitrogens with zero attached hydrogens (tertiary/aromatic N) is 2. The first-order valence-electron chi connectivity index (χ1n) is 7.27. The van der Waals surface area contributed by atoms with E-state index >= 15 is 0 Å². The molecule has 1 amide bonds. The molecule has 3 aromatic rings. The van der Waals surface area contributed by atoms with Gasteiger partial charge in [-0.1, -0.05) is 12.1 Å². The van der Waals surface area contributed by atoms with Crippen LogP contribution in [0.1, 0.15) is 10.4 Å². The summed E-state index contributed by atoms with van der Waals surface area (Å²) in [5, 5.41) is 4.77. The summed E-state index contributed by atoms with van der Waals surface area (Å²) in [6.45, 7) is 0. The molecule has 0 spiro atoms. The van der Waals surface area contributed by atoms with E-state index in [1.54, 1.807) is 29.6 Å². The largest absolute Gasteiger partial charge is 0.298 e. The van der Waals surface area contributed by atoms with Crippen LogP contribution in [-0.2, 0) is 10.0 Å². The Morgan fingerprint density at radius 3 is 2.50 bits per heavy atom. The van der Waals surface area contributed by atoms with E-state index in [9.17, 15) is 17.6 Å². The van der Waals surface area contributed by atoms with Crippen LogP contribution in [0.5, 0.6) is 0 Å². The topological polar surface area (TPSA) is 101 Å². The molecule has 0 aliphatic carbocycles. The van der Waals surface area contributed by atoms with Gasteiger partial charge in [0.2, 0.25) is 16.0 Å². The Morgan fingerprint density at radius 1 is 1.15 bits per heavy atom. The van der Waals surface area contributed by atoms with Gasteiger partial charge in [-0.25, -0.2) is 18.4 Å². The highest BCUT2D eigenvalue weighted by Gasteiger charge is 2.11. The number of pyridine rings is 1. The number of nitrogens with one attached hydrogen (secondary N) is 2. The molecule has 1 aromatic carbocycles. The second-order valence-corrected chi connectivity index (χ2v) is 7.92. The highest BCUT2D eigenvalue weighted by atomic mass is 32.2. The number of benzene rings is 1. The maximum atomic E-state index is 12.8. The normalized spacial score (nSPS) is 11.2. The molecule has 0 fully saturated rings. The van der Waals surface area contributed by atoms with Crippen LogP contribution in [0.25, 0.3) is 11.3 Å². The summed E-state index contributed by atoms with van der Waals surface area (Å²) in [5.41, 5.74) is 2.07. The Labute approximate surface area is 153 Å². The molecule has 0 aliphatic rings. The fourth-order valence-corrected chi connectivity index (χ4v) is 3.35. The molecular formula is C16H13FN4O3S2. The lowest BCUT2D eigenvalue weighted by atomic mass is 10.1. The lowest BCUT2D eigenvalue weighted by molar-refractivity contribution is 0.102. The van der Waals surface area contributed by atoms with E-state index in [-0.39, 0.29) is 5.56 Å². The van der Waals surface area contributed by atoms with E-state index in [1.807, 2.05) is 0 Å². The number of anilines is 2. The Morgan fingerprint density at radius 2 is 1.88 bits per heavy atom. The number of amides is 1. The predicted octanol–water partition coefficient (Wildman–Crippen LogP) is 2.97. The van der Waals surface area contributed by atoms with Crippen LogP contribution in [0.3, 0.4) is 0 Å². The highest BCUT2D eigenvalue weighted by Crippen LogP contribution is 2.26. The standard InChI is InChI=1S/C16H13FN4O3S2/c1-26(23,24)21-12-5-2-10(3-6-12)13-9-25-16(19-13)20-15(22)11-4-7-14(17)18-8-11/h2-9,21H,1H3,(H,19,20,22). The third-order valence-electron chi connectivity index (χ3n) is 3.20. The number of aromatic nitrogens is 2. The summed E-state index contributed by atoms with van der Waals surface area (Å²) in [5.74, 6) is -1.10. The zero-order valence-corrected chi connectivity index (χ0v) is 15.1. The molecule has 10 heteroatoms. The average molecular weight is 392 g/mol. The van der Waals surface area contributed by atoms with Crippen molar-refractivity contribution in [1.82, 2.24) is 9.97 Å². The fraction of sp³-hybridized carbons (Fsp3) is 0.0625. The number of sulfonamides is 1. The number of thiazole rings is 1.